The Kier molecular flexibility index (Phi) is 2.93. The molecule has 3 heteroatoms. The van der Waals surface area contributed by atoms with Gasteiger partial charge in [0.1, 0.15) is 0 Å². The molecule has 2 bridgehead atoms. The summed E-state index contributed by atoms with van der Waals surface area (Å²) in [5.74, 6) is 0.825. The molecule has 0 saturated heterocycles. The van der Waals surface area contributed by atoms with Gasteiger partial charge in [-0.1, -0.05) is 54.6 Å². The van der Waals surface area contributed by atoms with Crippen molar-refractivity contribution in [1.29, 1.82) is 0 Å². The summed E-state index contributed by atoms with van der Waals surface area (Å²) in [4.78, 5) is 0. The normalized spacial score (nSPS) is 26.8. The average Bonchev–Trinajstić information content (AvgIpc) is 3.08. The highest BCUT2D eigenvalue weighted by Crippen LogP contribution is 2.55. The largest absolute Gasteiger partial charge is 0.228 e. The molecule has 2 aliphatic rings. The second-order valence-corrected chi connectivity index (χ2v) is 8.45. The Hall–Kier alpha value is -1.61. The van der Waals surface area contributed by atoms with Gasteiger partial charge in [-0.05, 0) is 35.4 Å². The van der Waals surface area contributed by atoms with Gasteiger partial charge in [0.2, 0.25) is 0 Å². The molecule has 0 radical (unpaired) electrons. The molecule has 0 aromatic heterocycles. The predicted molar refractivity (Wildman–Crippen MR) is 84.0 cm³/mol. The summed E-state index contributed by atoms with van der Waals surface area (Å²) in [6, 6.07) is 17.9. The molecule has 0 aliphatic heterocycles. The van der Waals surface area contributed by atoms with Crippen molar-refractivity contribution in [3.8, 4) is 0 Å². The molecule has 0 spiro atoms. The van der Waals surface area contributed by atoms with E-state index in [0.717, 1.165) is 18.4 Å². The molecule has 0 heterocycles. The van der Waals surface area contributed by atoms with Gasteiger partial charge in [0, 0.05) is 5.92 Å². The highest BCUT2D eigenvalue weighted by Gasteiger charge is 2.48. The predicted octanol–water partition coefficient (Wildman–Crippen LogP) is 3.64. The van der Waals surface area contributed by atoms with Crippen LogP contribution in [0, 0.1) is 0 Å². The lowest BCUT2D eigenvalue weighted by Gasteiger charge is -2.24. The van der Waals surface area contributed by atoms with Crippen LogP contribution in [0.5, 0.6) is 0 Å². The zero-order chi connectivity index (χ0) is 14.4. The molecular weight excluding hydrogens is 280 g/mol. The van der Waals surface area contributed by atoms with Gasteiger partial charge < -0.3 is 0 Å². The van der Waals surface area contributed by atoms with Gasteiger partial charge in [0.25, 0.3) is 0 Å². The molecule has 0 N–H and O–H groups in total. The molecule has 21 heavy (non-hydrogen) atoms. The van der Waals surface area contributed by atoms with Crippen LogP contribution in [0.4, 0.5) is 0 Å². The lowest BCUT2D eigenvalue weighted by Crippen LogP contribution is -2.27. The first kappa shape index (κ1) is 13.1. The Morgan fingerprint density at radius 1 is 0.857 bits per heavy atom. The van der Waals surface area contributed by atoms with Gasteiger partial charge in [0.05, 0.1) is 11.0 Å². The topological polar surface area (TPSA) is 34.1 Å². The SMILES string of the molecule is O=S(=O)(Cc1ccccc1)C1CC2CC1c1ccccc12. The Bertz CT molecular complexity index is 765. The smallest absolute Gasteiger partial charge is 0.157 e. The van der Waals surface area contributed by atoms with Crippen LogP contribution >= 0.6 is 0 Å². The van der Waals surface area contributed by atoms with Gasteiger partial charge in [-0.25, -0.2) is 8.42 Å². The number of sulfone groups is 1. The first-order valence-corrected chi connectivity index (χ1v) is 9.21. The van der Waals surface area contributed by atoms with Crippen LogP contribution in [-0.2, 0) is 15.6 Å². The van der Waals surface area contributed by atoms with Crippen molar-refractivity contribution < 1.29 is 8.42 Å². The van der Waals surface area contributed by atoms with Crippen molar-refractivity contribution in [3.63, 3.8) is 0 Å². The monoisotopic (exact) mass is 298 g/mol. The van der Waals surface area contributed by atoms with Gasteiger partial charge in [-0.3, -0.25) is 0 Å². The van der Waals surface area contributed by atoms with Crippen molar-refractivity contribution >= 4 is 9.84 Å². The minimum absolute atomic E-state index is 0.171. The fourth-order valence-corrected chi connectivity index (χ4v) is 6.27. The van der Waals surface area contributed by atoms with Crippen LogP contribution in [0.25, 0.3) is 0 Å². The number of fused-ring (bicyclic) bond motifs is 5. The van der Waals surface area contributed by atoms with E-state index in [1.54, 1.807) is 0 Å². The van der Waals surface area contributed by atoms with E-state index in [4.69, 9.17) is 0 Å². The van der Waals surface area contributed by atoms with Crippen molar-refractivity contribution in [2.75, 3.05) is 0 Å². The minimum atomic E-state index is -3.09. The third-order valence-corrected chi connectivity index (χ3v) is 7.19. The fraction of sp³-hybridized carbons (Fsp3) is 0.333. The quantitative estimate of drug-likeness (QED) is 0.867. The van der Waals surface area contributed by atoms with Crippen LogP contribution in [0.15, 0.2) is 54.6 Å². The molecule has 1 fully saturated rings. The maximum Gasteiger partial charge on any atom is 0.157 e. The summed E-state index contributed by atoms with van der Waals surface area (Å²) in [7, 11) is -3.09. The van der Waals surface area contributed by atoms with Crippen molar-refractivity contribution in [2.24, 2.45) is 0 Å². The number of benzene rings is 2. The Morgan fingerprint density at radius 2 is 1.52 bits per heavy atom. The second-order valence-electron chi connectivity index (χ2n) is 6.23. The standard InChI is InChI=1S/C18H18O2S/c19-21(20,12-13-6-2-1-3-7-13)18-11-14-10-17(18)16-9-5-4-8-15(14)16/h1-9,14,17-18H,10-12H2. The first-order chi connectivity index (χ1) is 10.1. The lowest BCUT2D eigenvalue weighted by atomic mass is 9.92. The van der Waals surface area contributed by atoms with Gasteiger partial charge in [0.15, 0.2) is 9.84 Å². The van der Waals surface area contributed by atoms with Crippen molar-refractivity contribution in [2.45, 2.75) is 35.7 Å². The van der Waals surface area contributed by atoms with Crippen LogP contribution in [-0.4, -0.2) is 13.7 Å². The summed E-state index contributed by atoms with van der Waals surface area (Å²) in [6.45, 7) is 0. The number of rotatable bonds is 3. The van der Waals surface area contributed by atoms with Crippen LogP contribution < -0.4 is 0 Å². The summed E-state index contributed by atoms with van der Waals surface area (Å²) in [5, 5.41) is -0.197. The molecule has 0 amide bonds. The van der Waals surface area contributed by atoms with Gasteiger partial charge >= 0.3 is 0 Å². The molecule has 2 nitrogen and oxygen atoms in total. The zero-order valence-corrected chi connectivity index (χ0v) is 12.6. The van der Waals surface area contributed by atoms with Crippen molar-refractivity contribution in [3.05, 3.63) is 71.3 Å². The van der Waals surface area contributed by atoms with E-state index >= 15 is 0 Å². The Balaban J connectivity index is 1.64. The summed E-state index contributed by atoms with van der Waals surface area (Å²) < 4.78 is 25.6. The second kappa shape index (κ2) is 4.70. The molecule has 1 saturated carbocycles. The maximum absolute atomic E-state index is 12.8. The van der Waals surface area contributed by atoms with Crippen LogP contribution in [0.3, 0.4) is 0 Å². The third kappa shape index (κ3) is 2.11. The highest BCUT2D eigenvalue weighted by atomic mass is 32.2. The van der Waals surface area contributed by atoms with E-state index in [9.17, 15) is 8.42 Å². The zero-order valence-electron chi connectivity index (χ0n) is 11.8. The molecule has 3 unspecified atom stereocenters. The van der Waals surface area contributed by atoms with E-state index < -0.39 is 9.84 Å². The molecular formula is C18H18O2S. The van der Waals surface area contributed by atoms with Crippen molar-refractivity contribution in [1.82, 2.24) is 0 Å². The van der Waals surface area contributed by atoms with Gasteiger partial charge in [-0.2, -0.15) is 0 Å². The molecule has 2 aromatic carbocycles. The average molecular weight is 298 g/mol. The summed E-state index contributed by atoms with van der Waals surface area (Å²) >= 11 is 0. The van der Waals surface area contributed by atoms with Crippen LogP contribution in [0.2, 0.25) is 0 Å². The van der Waals surface area contributed by atoms with E-state index in [0.29, 0.717) is 5.92 Å². The molecule has 108 valence electrons. The first-order valence-electron chi connectivity index (χ1n) is 7.49. The van der Waals surface area contributed by atoms with E-state index in [2.05, 4.69) is 18.2 Å². The Morgan fingerprint density at radius 3 is 2.29 bits per heavy atom. The van der Waals surface area contributed by atoms with E-state index in [1.807, 2.05) is 36.4 Å². The maximum atomic E-state index is 12.8. The van der Waals surface area contributed by atoms with E-state index in [1.165, 1.54) is 11.1 Å². The lowest BCUT2D eigenvalue weighted by molar-refractivity contribution is 0.564. The third-order valence-electron chi connectivity index (χ3n) is 5.01. The molecule has 2 aromatic rings. The number of hydrogen-bond acceptors (Lipinski definition) is 2. The fourth-order valence-electron chi connectivity index (χ4n) is 4.11. The highest BCUT2D eigenvalue weighted by molar-refractivity contribution is 7.91. The number of hydrogen-bond donors (Lipinski definition) is 0. The minimum Gasteiger partial charge on any atom is -0.228 e. The van der Waals surface area contributed by atoms with Gasteiger partial charge in [-0.15, -0.1) is 0 Å². The summed E-state index contributed by atoms with van der Waals surface area (Å²) in [6.07, 6.45) is 1.81. The van der Waals surface area contributed by atoms with E-state index in [-0.39, 0.29) is 16.9 Å². The molecule has 4 rings (SSSR count). The molecule has 2 aliphatic carbocycles. The van der Waals surface area contributed by atoms with Crippen LogP contribution in [0.1, 0.15) is 41.4 Å². The Labute approximate surface area is 125 Å². The summed E-state index contributed by atoms with van der Waals surface area (Å²) in [5.41, 5.74) is 3.55. The molecule has 3 atom stereocenters.